The molecule has 2 aromatic carbocycles. The predicted octanol–water partition coefficient (Wildman–Crippen LogP) is 2.89. The maximum atomic E-state index is 12.5. The Hall–Kier alpha value is -2.70. The van der Waals surface area contributed by atoms with Crippen LogP contribution in [0.3, 0.4) is 0 Å². The van der Waals surface area contributed by atoms with Crippen LogP contribution in [0.1, 0.15) is 20.7 Å². The van der Waals surface area contributed by atoms with Gasteiger partial charge in [0.25, 0.3) is 0 Å². The van der Waals surface area contributed by atoms with E-state index in [9.17, 15) is 9.59 Å². The molecule has 2 rings (SSSR count). The third-order valence-electron chi connectivity index (χ3n) is 4.27. The number of nitrogens with one attached hydrogen (secondary N) is 1. The van der Waals surface area contributed by atoms with E-state index < -0.39 is 11.6 Å². The van der Waals surface area contributed by atoms with E-state index in [-0.39, 0.29) is 0 Å². The minimum Gasteiger partial charge on any atom is -0.388 e. The number of anilines is 2. The zero-order valence-electron chi connectivity index (χ0n) is 16.0. The molecule has 0 spiro atoms. The highest BCUT2D eigenvalue weighted by molar-refractivity contribution is 6.49. The van der Waals surface area contributed by atoms with Crippen molar-refractivity contribution in [3.05, 3.63) is 59.7 Å². The average Bonchev–Trinajstić information content (AvgIpc) is 2.73. The summed E-state index contributed by atoms with van der Waals surface area (Å²) in [5.74, 6) is -1.03. The van der Waals surface area contributed by atoms with Crippen LogP contribution in [0.25, 0.3) is 0 Å². The molecule has 0 unspecified atom stereocenters. The number of Topliss-reactive ketones (excluding diaryl/α,β-unsaturated/α-hetero) is 2. The van der Waals surface area contributed by atoms with Gasteiger partial charge in [0.1, 0.15) is 0 Å². The molecule has 0 heterocycles. The zero-order valence-corrected chi connectivity index (χ0v) is 16.0. The van der Waals surface area contributed by atoms with Crippen molar-refractivity contribution in [1.29, 1.82) is 0 Å². The van der Waals surface area contributed by atoms with Gasteiger partial charge < -0.3 is 19.7 Å². The van der Waals surface area contributed by atoms with Crippen LogP contribution in [0.5, 0.6) is 0 Å². The molecule has 0 atom stereocenters. The summed E-state index contributed by atoms with van der Waals surface area (Å²) in [4.78, 5) is 27.0. The molecule has 0 fully saturated rings. The van der Waals surface area contributed by atoms with Crippen LogP contribution in [0.4, 0.5) is 11.4 Å². The number of benzene rings is 2. The molecule has 0 aliphatic heterocycles. The molecular formula is C21H26N2O4. The number of carbonyl (C=O) groups excluding carboxylic acids is 2. The Morgan fingerprint density at radius 1 is 0.815 bits per heavy atom. The van der Waals surface area contributed by atoms with Gasteiger partial charge in [0.05, 0.1) is 13.2 Å². The molecule has 6 nitrogen and oxygen atoms in total. The third kappa shape index (κ3) is 5.64. The Balaban J connectivity index is 2.11. The smallest absolute Gasteiger partial charge is 0.233 e. The van der Waals surface area contributed by atoms with Gasteiger partial charge in [-0.15, -0.1) is 0 Å². The van der Waals surface area contributed by atoms with Gasteiger partial charge in [-0.3, -0.25) is 9.59 Å². The highest BCUT2D eigenvalue weighted by Gasteiger charge is 2.18. The number of hydrogen-bond donors (Lipinski definition) is 1. The SMILES string of the molecule is CNc1ccc(C(=O)C(=O)c2ccc(N(CCOC)CCOC)cc2)cc1. The summed E-state index contributed by atoms with van der Waals surface area (Å²) in [6.45, 7) is 2.60. The number of ether oxygens (including phenoxy) is 2. The largest absolute Gasteiger partial charge is 0.388 e. The first-order valence-corrected chi connectivity index (χ1v) is 8.80. The minimum atomic E-state index is -0.515. The Bertz CT molecular complexity index is 734. The lowest BCUT2D eigenvalue weighted by Gasteiger charge is -2.24. The molecule has 2 aromatic rings. The summed E-state index contributed by atoms with van der Waals surface area (Å²) in [6.07, 6.45) is 0. The molecule has 0 saturated heterocycles. The number of methoxy groups -OCH3 is 2. The average molecular weight is 370 g/mol. The Labute approximate surface area is 160 Å². The predicted molar refractivity (Wildman–Crippen MR) is 107 cm³/mol. The highest BCUT2D eigenvalue weighted by Crippen LogP contribution is 2.17. The lowest BCUT2D eigenvalue weighted by molar-refractivity contribution is 0.0817. The number of ketones is 2. The number of rotatable bonds is 11. The fourth-order valence-corrected chi connectivity index (χ4v) is 2.65. The highest BCUT2D eigenvalue weighted by atomic mass is 16.5. The third-order valence-corrected chi connectivity index (χ3v) is 4.27. The summed E-state index contributed by atoms with van der Waals surface area (Å²) in [5.41, 5.74) is 2.59. The fourth-order valence-electron chi connectivity index (χ4n) is 2.65. The monoisotopic (exact) mass is 370 g/mol. The summed E-state index contributed by atoms with van der Waals surface area (Å²) in [6, 6.07) is 13.9. The molecule has 0 saturated carbocycles. The summed E-state index contributed by atoms with van der Waals surface area (Å²) < 4.78 is 10.3. The van der Waals surface area contributed by atoms with Crippen LogP contribution >= 0.6 is 0 Å². The van der Waals surface area contributed by atoms with Crippen molar-refractivity contribution in [2.24, 2.45) is 0 Å². The van der Waals surface area contributed by atoms with E-state index in [2.05, 4.69) is 10.2 Å². The van der Waals surface area contributed by atoms with Gasteiger partial charge >= 0.3 is 0 Å². The normalized spacial score (nSPS) is 10.5. The first-order valence-electron chi connectivity index (χ1n) is 8.80. The molecule has 0 aliphatic carbocycles. The van der Waals surface area contributed by atoms with Gasteiger partial charge in [-0.1, -0.05) is 0 Å². The Kier molecular flexibility index (Phi) is 7.98. The number of hydrogen-bond acceptors (Lipinski definition) is 6. The van der Waals surface area contributed by atoms with Gasteiger partial charge in [-0.25, -0.2) is 0 Å². The lowest BCUT2D eigenvalue weighted by Crippen LogP contribution is -2.30. The number of nitrogens with zero attached hydrogens (tertiary/aromatic N) is 1. The van der Waals surface area contributed by atoms with Crippen LogP contribution < -0.4 is 10.2 Å². The Morgan fingerprint density at radius 2 is 1.26 bits per heavy atom. The van der Waals surface area contributed by atoms with E-state index in [1.165, 1.54) is 0 Å². The number of carbonyl (C=O) groups is 2. The fraction of sp³-hybridized carbons (Fsp3) is 0.333. The molecule has 0 bridgehead atoms. The van der Waals surface area contributed by atoms with Crippen molar-refractivity contribution in [3.63, 3.8) is 0 Å². The molecule has 0 amide bonds. The van der Waals surface area contributed by atoms with E-state index in [1.807, 2.05) is 12.1 Å². The molecular weight excluding hydrogens is 344 g/mol. The topological polar surface area (TPSA) is 67.9 Å². The first-order chi connectivity index (χ1) is 13.1. The van der Waals surface area contributed by atoms with Crippen LogP contribution in [0.2, 0.25) is 0 Å². The van der Waals surface area contributed by atoms with Crippen molar-refractivity contribution in [1.82, 2.24) is 0 Å². The minimum absolute atomic E-state index is 0.375. The van der Waals surface area contributed by atoms with Crippen LogP contribution in [0.15, 0.2) is 48.5 Å². The molecule has 144 valence electrons. The van der Waals surface area contributed by atoms with Crippen molar-refractivity contribution in [2.75, 3.05) is 57.8 Å². The van der Waals surface area contributed by atoms with E-state index in [1.54, 1.807) is 57.7 Å². The van der Waals surface area contributed by atoms with Crippen LogP contribution in [-0.4, -0.2) is 59.1 Å². The molecule has 1 N–H and O–H groups in total. The van der Waals surface area contributed by atoms with Crippen LogP contribution in [0, 0.1) is 0 Å². The molecule has 27 heavy (non-hydrogen) atoms. The maximum absolute atomic E-state index is 12.5. The quantitative estimate of drug-likeness (QED) is 0.485. The lowest BCUT2D eigenvalue weighted by atomic mass is 10.0. The van der Waals surface area contributed by atoms with E-state index >= 15 is 0 Å². The summed E-state index contributed by atoms with van der Waals surface area (Å²) >= 11 is 0. The standard InChI is InChI=1S/C21H26N2O4/c1-22-18-8-4-16(5-9-18)20(24)21(25)17-6-10-19(11-7-17)23(12-14-26-2)13-15-27-3/h4-11,22H,12-15H2,1-3H3. The van der Waals surface area contributed by atoms with Crippen molar-refractivity contribution in [3.8, 4) is 0 Å². The van der Waals surface area contributed by atoms with E-state index in [4.69, 9.17) is 9.47 Å². The molecule has 0 aromatic heterocycles. The van der Waals surface area contributed by atoms with E-state index in [0.29, 0.717) is 37.4 Å². The summed E-state index contributed by atoms with van der Waals surface area (Å²) in [7, 11) is 5.11. The van der Waals surface area contributed by atoms with Gasteiger partial charge in [0, 0.05) is 56.9 Å². The second-order valence-corrected chi connectivity index (χ2v) is 6.01. The second kappa shape index (κ2) is 10.4. The van der Waals surface area contributed by atoms with Gasteiger partial charge in [-0.2, -0.15) is 0 Å². The maximum Gasteiger partial charge on any atom is 0.233 e. The zero-order chi connectivity index (χ0) is 19.6. The van der Waals surface area contributed by atoms with Crippen molar-refractivity contribution >= 4 is 22.9 Å². The summed E-state index contributed by atoms with van der Waals surface area (Å²) in [5, 5.41) is 2.98. The Morgan fingerprint density at radius 3 is 1.67 bits per heavy atom. The van der Waals surface area contributed by atoms with Gasteiger partial charge in [0.2, 0.25) is 11.6 Å². The second-order valence-electron chi connectivity index (χ2n) is 6.01. The molecule has 0 radical (unpaired) electrons. The molecule has 0 aliphatic rings. The molecule has 6 heteroatoms. The van der Waals surface area contributed by atoms with Crippen molar-refractivity contribution in [2.45, 2.75) is 0 Å². The van der Waals surface area contributed by atoms with Crippen LogP contribution in [-0.2, 0) is 9.47 Å². The van der Waals surface area contributed by atoms with E-state index in [0.717, 1.165) is 11.4 Å². The van der Waals surface area contributed by atoms with Gasteiger partial charge in [-0.05, 0) is 48.5 Å². The van der Waals surface area contributed by atoms with Crippen molar-refractivity contribution < 1.29 is 19.1 Å². The first kappa shape index (κ1) is 20.6. The van der Waals surface area contributed by atoms with Gasteiger partial charge in [0.15, 0.2) is 0 Å².